The molecule has 0 unspecified atom stereocenters. The van der Waals surface area contributed by atoms with Crippen LogP contribution in [0.25, 0.3) is 0 Å². The third-order valence-corrected chi connectivity index (χ3v) is 2.39. The van der Waals surface area contributed by atoms with E-state index in [0.717, 1.165) is 5.56 Å². The fourth-order valence-corrected chi connectivity index (χ4v) is 1.57. The molecule has 0 atom stereocenters. The number of ether oxygens (including phenoxy) is 2. The molecule has 0 bridgehead atoms. The molecule has 17 heavy (non-hydrogen) atoms. The Morgan fingerprint density at radius 1 is 1.35 bits per heavy atom. The lowest BCUT2D eigenvalue weighted by Crippen LogP contribution is -2.14. The summed E-state index contributed by atoms with van der Waals surface area (Å²) in [5, 5.41) is 11.3. The average Bonchev–Trinajstić information content (AvgIpc) is 2.30. The summed E-state index contributed by atoms with van der Waals surface area (Å²) in [4.78, 5) is 11.4. The van der Waals surface area contributed by atoms with Gasteiger partial charge < -0.3 is 19.9 Å². The summed E-state index contributed by atoms with van der Waals surface area (Å²) in [6, 6.07) is 3.46. The third kappa shape index (κ3) is 3.10. The molecule has 0 aliphatic carbocycles. The Hall–Kier alpha value is -1.75. The van der Waals surface area contributed by atoms with Crippen LogP contribution in [0.3, 0.4) is 0 Å². The molecular weight excluding hydrogens is 222 g/mol. The molecule has 0 fully saturated rings. The smallest absolute Gasteiger partial charge is 0.226 e. The van der Waals surface area contributed by atoms with Gasteiger partial charge >= 0.3 is 0 Å². The van der Waals surface area contributed by atoms with Gasteiger partial charge in [0, 0.05) is 5.56 Å². The van der Waals surface area contributed by atoms with Crippen LogP contribution < -0.4 is 14.8 Å². The molecule has 0 spiro atoms. The van der Waals surface area contributed by atoms with Crippen LogP contribution in [0.5, 0.6) is 11.5 Å². The number of amides is 1. The van der Waals surface area contributed by atoms with Gasteiger partial charge in [0.15, 0.2) is 0 Å². The molecule has 1 aromatic rings. The van der Waals surface area contributed by atoms with Gasteiger partial charge in [-0.05, 0) is 19.1 Å². The number of hydrogen-bond donors (Lipinski definition) is 2. The first-order valence-electron chi connectivity index (χ1n) is 5.26. The summed E-state index contributed by atoms with van der Waals surface area (Å²) in [6.07, 6.45) is 0.0637. The molecule has 2 N–H and O–H groups in total. The lowest BCUT2D eigenvalue weighted by Gasteiger charge is -2.14. The molecule has 94 valence electrons. The van der Waals surface area contributed by atoms with Crippen molar-refractivity contribution in [2.24, 2.45) is 0 Å². The third-order valence-electron chi connectivity index (χ3n) is 2.39. The van der Waals surface area contributed by atoms with Crippen LogP contribution in [0, 0.1) is 6.92 Å². The minimum absolute atomic E-state index is 0.0637. The molecule has 0 aliphatic heterocycles. The number of aliphatic hydroxyl groups excluding tert-OH is 1. The Labute approximate surface area is 100 Å². The number of aliphatic hydroxyl groups is 1. The van der Waals surface area contributed by atoms with E-state index in [1.807, 2.05) is 6.92 Å². The number of methoxy groups -OCH3 is 2. The number of rotatable bonds is 5. The summed E-state index contributed by atoms with van der Waals surface area (Å²) in [6.45, 7) is 1.67. The molecule has 1 amide bonds. The minimum Gasteiger partial charge on any atom is -0.496 e. The van der Waals surface area contributed by atoms with Crippen molar-refractivity contribution in [3.63, 3.8) is 0 Å². The van der Waals surface area contributed by atoms with E-state index in [9.17, 15) is 4.79 Å². The Kier molecular flexibility index (Phi) is 4.78. The summed E-state index contributed by atoms with van der Waals surface area (Å²) >= 11 is 0. The lowest BCUT2D eigenvalue weighted by atomic mass is 10.1. The highest BCUT2D eigenvalue weighted by molar-refractivity contribution is 5.92. The van der Waals surface area contributed by atoms with Crippen LogP contribution in [0.1, 0.15) is 12.0 Å². The van der Waals surface area contributed by atoms with Crippen LogP contribution in [0.2, 0.25) is 0 Å². The number of carbonyl (C=O) groups excluding carboxylic acids is 1. The SMILES string of the molecule is COc1ccc(NC(=O)CCO)c(OC)c1C. The lowest BCUT2D eigenvalue weighted by molar-refractivity contribution is -0.116. The van der Waals surface area contributed by atoms with Gasteiger partial charge in [-0.25, -0.2) is 0 Å². The van der Waals surface area contributed by atoms with E-state index in [4.69, 9.17) is 14.6 Å². The highest BCUT2D eigenvalue weighted by Gasteiger charge is 2.12. The zero-order chi connectivity index (χ0) is 12.8. The van der Waals surface area contributed by atoms with Gasteiger partial charge in [0.25, 0.3) is 0 Å². The van der Waals surface area contributed by atoms with Gasteiger partial charge in [-0.15, -0.1) is 0 Å². The van der Waals surface area contributed by atoms with Crippen molar-refractivity contribution in [1.29, 1.82) is 0 Å². The first-order valence-corrected chi connectivity index (χ1v) is 5.26. The average molecular weight is 239 g/mol. The minimum atomic E-state index is -0.254. The van der Waals surface area contributed by atoms with Crippen molar-refractivity contribution in [2.45, 2.75) is 13.3 Å². The van der Waals surface area contributed by atoms with Crippen LogP contribution in [0.15, 0.2) is 12.1 Å². The first-order chi connectivity index (χ1) is 8.13. The number of carbonyl (C=O) groups is 1. The standard InChI is InChI=1S/C12H17NO4/c1-8-10(16-2)5-4-9(12(8)17-3)13-11(15)6-7-14/h4-5,14H,6-7H2,1-3H3,(H,13,15). The zero-order valence-corrected chi connectivity index (χ0v) is 10.2. The predicted molar refractivity (Wildman–Crippen MR) is 64.6 cm³/mol. The number of nitrogens with one attached hydrogen (secondary N) is 1. The molecule has 1 aromatic carbocycles. The number of benzene rings is 1. The van der Waals surface area contributed by atoms with E-state index < -0.39 is 0 Å². The van der Waals surface area contributed by atoms with Gasteiger partial charge in [-0.1, -0.05) is 0 Å². The van der Waals surface area contributed by atoms with E-state index in [1.165, 1.54) is 7.11 Å². The second kappa shape index (κ2) is 6.10. The second-order valence-corrected chi connectivity index (χ2v) is 3.50. The Morgan fingerprint density at radius 3 is 2.59 bits per heavy atom. The maximum atomic E-state index is 11.4. The Bertz CT molecular complexity index is 404. The maximum Gasteiger partial charge on any atom is 0.226 e. The molecule has 0 radical (unpaired) electrons. The van der Waals surface area contributed by atoms with Crippen LogP contribution in [-0.4, -0.2) is 31.8 Å². The van der Waals surface area contributed by atoms with Crippen molar-refractivity contribution in [3.8, 4) is 11.5 Å². The molecule has 0 heterocycles. The molecular formula is C12H17NO4. The van der Waals surface area contributed by atoms with Crippen LogP contribution >= 0.6 is 0 Å². The largest absolute Gasteiger partial charge is 0.496 e. The summed E-state index contributed by atoms with van der Waals surface area (Å²) < 4.78 is 10.4. The van der Waals surface area contributed by atoms with Crippen LogP contribution in [0.4, 0.5) is 5.69 Å². The molecule has 0 saturated heterocycles. The van der Waals surface area contributed by atoms with E-state index in [2.05, 4.69) is 5.32 Å². The van der Waals surface area contributed by atoms with E-state index in [1.54, 1.807) is 19.2 Å². The van der Waals surface area contributed by atoms with E-state index in [-0.39, 0.29) is 18.9 Å². The fraction of sp³-hybridized carbons (Fsp3) is 0.417. The van der Waals surface area contributed by atoms with E-state index >= 15 is 0 Å². The molecule has 0 aliphatic rings. The summed E-state index contributed by atoms with van der Waals surface area (Å²) in [7, 11) is 3.11. The van der Waals surface area contributed by atoms with Gasteiger partial charge in [0.05, 0.1) is 32.9 Å². The van der Waals surface area contributed by atoms with Gasteiger partial charge in [-0.3, -0.25) is 4.79 Å². The molecule has 0 saturated carbocycles. The summed E-state index contributed by atoms with van der Waals surface area (Å²) in [5.74, 6) is 1.01. The van der Waals surface area contributed by atoms with Crippen LogP contribution in [-0.2, 0) is 4.79 Å². The van der Waals surface area contributed by atoms with Crippen molar-refractivity contribution in [3.05, 3.63) is 17.7 Å². The van der Waals surface area contributed by atoms with Gasteiger partial charge in [-0.2, -0.15) is 0 Å². The van der Waals surface area contributed by atoms with E-state index in [0.29, 0.717) is 17.2 Å². The highest BCUT2D eigenvalue weighted by atomic mass is 16.5. The number of anilines is 1. The monoisotopic (exact) mass is 239 g/mol. The Balaban J connectivity index is 3.00. The quantitative estimate of drug-likeness (QED) is 0.813. The maximum absolute atomic E-state index is 11.4. The molecule has 5 nitrogen and oxygen atoms in total. The molecule has 5 heteroatoms. The van der Waals surface area contributed by atoms with Gasteiger partial charge in [0.2, 0.25) is 5.91 Å². The first kappa shape index (κ1) is 13.3. The molecule has 1 rings (SSSR count). The fourth-order valence-electron chi connectivity index (χ4n) is 1.57. The van der Waals surface area contributed by atoms with Gasteiger partial charge in [0.1, 0.15) is 11.5 Å². The van der Waals surface area contributed by atoms with Crippen molar-refractivity contribution in [1.82, 2.24) is 0 Å². The van der Waals surface area contributed by atoms with Crippen molar-refractivity contribution >= 4 is 11.6 Å². The highest BCUT2D eigenvalue weighted by Crippen LogP contribution is 2.34. The normalized spacial score (nSPS) is 9.88. The molecule has 0 aromatic heterocycles. The zero-order valence-electron chi connectivity index (χ0n) is 10.2. The number of hydrogen-bond acceptors (Lipinski definition) is 4. The predicted octanol–water partition coefficient (Wildman–Crippen LogP) is 1.33. The summed E-state index contributed by atoms with van der Waals surface area (Å²) in [5.41, 5.74) is 1.39. The second-order valence-electron chi connectivity index (χ2n) is 3.50. The van der Waals surface area contributed by atoms with Crippen molar-refractivity contribution < 1.29 is 19.4 Å². The topological polar surface area (TPSA) is 67.8 Å². The Morgan fingerprint density at radius 2 is 2.06 bits per heavy atom. The van der Waals surface area contributed by atoms with Crippen molar-refractivity contribution in [2.75, 3.05) is 26.1 Å².